The van der Waals surface area contributed by atoms with Crippen molar-refractivity contribution in [2.75, 3.05) is 0 Å². The van der Waals surface area contributed by atoms with E-state index in [0.717, 1.165) is 41.3 Å². The van der Waals surface area contributed by atoms with E-state index in [1.807, 2.05) is 72.8 Å². The molecule has 0 aliphatic rings. The normalized spacial score (nSPS) is 14.2. The van der Waals surface area contributed by atoms with Crippen LogP contribution in [0.1, 0.15) is 191 Å². The fourth-order valence-electron chi connectivity index (χ4n) is 24.9. The molecule has 0 bridgehead atoms. The van der Waals surface area contributed by atoms with Crippen molar-refractivity contribution in [3.63, 3.8) is 0 Å². The molecule has 0 aromatic heterocycles. The average molecular weight is 2250 g/mol. The molecule has 0 amide bonds. The van der Waals surface area contributed by atoms with Gasteiger partial charge < -0.3 is 0 Å². The van der Waals surface area contributed by atoms with Gasteiger partial charge in [-0.25, -0.2) is 0 Å². The first kappa shape index (κ1) is 127. The Morgan fingerprint density at radius 3 is 0.250 bits per heavy atom. The second-order valence-electron chi connectivity index (χ2n) is 60.7. The quantitative estimate of drug-likeness (QED) is 0.0530. The molecular formula is C108H208Ge4Si16. The van der Waals surface area contributed by atoms with Crippen molar-refractivity contribution < 1.29 is 0 Å². The van der Waals surface area contributed by atoms with E-state index < -0.39 is 129 Å². The number of rotatable bonds is 24. The van der Waals surface area contributed by atoms with Crippen LogP contribution in [0.5, 0.6) is 0 Å². The van der Waals surface area contributed by atoms with Crippen LogP contribution in [0.4, 0.5) is 0 Å². The summed E-state index contributed by atoms with van der Waals surface area (Å²) in [6.07, 6.45) is 0. The maximum Gasteiger partial charge on any atom is -0.0623 e. The van der Waals surface area contributed by atoms with Crippen molar-refractivity contribution in [1.29, 1.82) is 0 Å². The van der Waals surface area contributed by atoms with Gasteiger partial charge in [0.15, 0.2) is 0 Å². The molecule has 20 heteroatoms. The van der Waals surface area contributed by atoms with E-state index in [2.05, 4.69) is 512 Å². The van der Waals surface area contributed by atoms with Crippen LogP contribution >= 0.6 is 0 Å². The largest absolute Gasteiger partial charge is 0.0623 e. The number of hydrogen-bond acceptors (Lipinski definition) is 0. The van der Waals surface area contributed by atoms with Gasteiger partial charge in [-0.05, 0) is 0 Å². The first-order valence-corrected chi connectivity index (χ1v) is 111. The second kappa shape index (κ2) is 45.5. The Balaban J connectivity index is 0.000000813. The molecule has 0 aliphatic heterocycles. The van der Waals surface area contributed by atoms with E-state index in [4.69, 9.17) is 0 Å². The molecule has 0 aliphatic carbocycles. The fraction of sp³-hybridized carbons (Fsp3) is 0.667. The summed E-state index contributed by atoms with van der Waals surface area (Å²) < 4.78 is 6.62. The molecule has 0 heterocycles. The summed E-state index contributed by atoms with van der Waals surface area (Å²) in [6.45, 7) is 154. The average Bonchev–Trinajstić information content (AvgIpc) is 0.757. The van der Waals surface area contributed by atoms with Gasteiger partial charge in [0.2, 0.25) is 0 Å². The van der Waals surface area contributed by atoms with Crippen molar-refractivity contribution in [3.05, 3.63) is 188 Å². The molecule has 0 saturated heterocycles. The first-order valence-electron chi connectivity index (χ1n) is 49.5. The minimum absolute atomic E-state index is 0.198. The first-order chi connectivity index (χ1) is 55.9. The van der Waals surface area contributed by atoms with Gasteiger partial charge in [0.25, 0.3) is 0 Å². The third-order valence-electron chi connectivity index (χ3n) is 25.9. The second-order valence-corrected chi connectivity index (χ2v) is 155. The predicted molar refractivity (Wildman–Crippen MR) is 650 cm³/mol. The van der Waals surface area contributed by atoms with Crippen molar-refractivity contribution in [1.82, 2.24) is 0 Å². The minimum Gasteiger partial charge on any atom is -0.0623 e. The molecule has 0 fully saturated rings. The minimum atomic E-state index is -1.34. The van der Waals surface area contributed by atoms with Gasteiger partial charge in [0.1, 0.15) is 0 Å². The molecule has 0 nitrogen and oxygen atoms in total. The number of hydrogen-bond donors (Lipinski definition) is 0. The standard InChI is InChI=1S/4C24H49GeSi4.2C6H6/c4*1-24(2,3)18-16-19(22(26(4,5)6)27(7,8)9)21(25)20(17-18)23(28(10,11)12)29(13,14)15;2*1-2-4-6-5-3-1/h4*16-17,22-23H,1-15H3;2*1-6H. The summed E-state index contributed by atoms with van der Waals surface area (Å²) >= 11 is 9.94. The monoisotopic (exact) mass is 2250 g/mol. The summed E-state index contributed by atoms with van der Waals surface area (Å²) in [5, 5.41) is 6.44. The van der Waals surface area contributed by atoms with Crippen LogP contribution in [0.2, 0.25) is 314 Å². The summed E-state index contributed by atoms with van der Waals surface area (Å²) in [5.41, 5.74) is 20.9. The third kappa shape index (κ3) is 38.4. The Labute approximate surface area is 851 Å². The van der Waals surface area contributed by atoms with Crippen molar-refractivity contribution in [2.24, 2.45) is 0 Å². The Kier molecular flexibility index (Phi) is 45.1. The maximum atomic E-state index is 2.64. The number of benzene rings is 6. The summed E-state index contributed by atoms with van der Waals surface area (Å²) in [6, 6.07) is 45.2. The van der Waals surface area contributed by atoms with Crippen molar-refractivity contribution in [2.45, 2.75) is 460 Å². The molecule has 0 atom stereocenters. The Bertz CT molecular complexity index is 3530. The van der Waals surface area contributed by atoms with E-state index >= 15 is 0 Å². The van der Waals surface area contributed by atoms with Gasteiger partial charge in [-0.1, -0.05) is 72.8 Å². The van der Waals surface area contributed by atoms with E-state index in [1.165, 1.54) is 0 Å². The maximum absolute atomic E-state index is 2.64. The van der Waals surface area contributed by atoms with E-state index in [-0.39, 0.29) is 21.7 Å². The van der Waals surface area contributed by atoms with Gasteiger partial charge in [-0.15, -0.1) is 0 Å². The molecule has 6 aromatic rings. The molecule has 0 N–H and O–H groups in total. The van der Waals surface area contributed by atoms with Crippen LogP contribution in [-0.2, 0) is 21.7 Å². The molecular weight excluding hydrogens is 2040 g/mol. The Morgan fingerprint density at radius 2 is 0.203 bits per heavy atom. The Hall–Kier alpha value is 0.962. The van der Waals surface area contributed by atoms with Crippen LogP contribution in [0.3, 0.4) is 0 Å². The molecule has 0 spiro atoms. The summed E-state index contributed by atoms with van der Waals surface area (Å²) in [4.78, 5) is 0. The van der Waals surface area contributed by atoms with Crippen LogP contribution < -0.4 is 17.6 Å². The fourth-order valence-corrected chi connectivity index (χ4v) is 135. The van der Waals surface area contributed by atoms with Gasteiger partial charge in [-0.2, -0.15) is 0 Å². The molecule has 6 rings (SSSR count). The molecule has 6 aromatic carbocycles. The van der Waals surface area contributed by atoms with Crippen molar-refractivity contribution in [3.8, 4) is 0 Å². The van der Waals surface area contributed by atoms with Crippen LogP contribution in [0, 0.1) is 0 Å². The molecule has 128 heavy (non-hydrogen) atoms. The van der Waals surface area contributed by atoms with E-state index in [1.54, 1.807) is 84.3 Å². The van der Waals surface area contributed by atoms with Gasteiger partial charge in [-0.3, -0.25) is 0 Å². The SMILES string of the molecule is CC(C)(C)c1cc(C([Si](C)(C)C)[Si](C)(C)C)[c]([Ge])c(C([Si](C)(C)C)[Si](C)(C)C)c1.CC(C)(C)c1cc(C([Si](C)(C)C)[Si](C)(C)C)[c]([Ge])c(C([Si](C)(C)C)[Si](C)(C)C)c1.CC(C)(C)c1cc(C([Si](C)(C)C)[Si](C)(C)C)[c]([Ge])c(C([Si](C)(C)C)[Si](C)(C)C)c1.CC(C)(C)c1cc(C([Si](C)(C)C)[Si](C)(C)C)[c]([Ge])c(C([Si](C)(C)C)[Si](C)(C)C)c1.c1ccccc1.c1ccccc1. The molecule has 720 valence electrons. The third-order valence-corrected chi connectivity index (χ3v) is 105. The Morgan fingerprint density at radius 1 is 0.141 bits per heavy atom. The van der Waals surface area contributed by atoms with E-state index in [9.17, 15) is 0 Å². The van der Waals surface area contributed by atoms with Crippen LogP contribution in [-0.4, -0.2) is 195 Å². The molecule has 0 saturated carbocycles. The summed E-state index contributed by atoms with van der Waals surface area (Å²) in [5.74, 6) is 0. The van der Waals surface area contributed by atoms with Gasteiger partial charge in [0, 0.05) is 0 Å². The topological polar surface area (TPSA) is 0 Å². The predicted octanol–water partition coefficient (Wildman–Crippen LogP) is 33.2. The van der Waals surface area contributed by atoms with Gasteiger partial charge in [0.05, 0.1) is 0 Å². The van der Waals surface area contributed by atoms with Crippen LogP contribution in [0.15, 0.2) is 121 Å². The van der Waals surface area contributed by atoms with E-state index in [0.29, 0.717) is 0 Å². The zero-order valence-corrected chi connectivity index (χ0v) is 121. The van der Waals surface area contributed by atoms with Crippen LogP contribution in [0.25, 0.3) is 0 Å². The molecule has 0 unspecified atom stereocenters. The zero-order valence-electron chi connectivity index (χ0n) is 96.2. The smallest absolute Gasteiger partial charge is 0.0623 e. The van der Waals surface area contributed by atoms with Gasteiger partial charge >= 0.3 is 788 Å². The zero-order chi connectivity index (χ0) is 102. The van der Waals surface area contributed by atoms with Crippen molar-refractivity contribution >= 4 is 213 Å². The summed E-state index contributed by atoms with van der Waals surface area (Å²) in [7, 11) is -21.5. The molecule has 12 radical (unpaired) electrons.